The van der Waals surface area contributed by atoms with Gasteiger partial charge in [-0.15, -0.1) is 0 Å². The summed E-state index contributed by atoms with van der Waals surface area (Å²) in [5, 5.41) is 7.61. The fourth-order valence-corrected chi connectivity index (χ4v) is 9.56. The van der Waals surface area contributed by atoms with Gasteiger partial charge in [0.05, 0.1) is 50.4 Å². The molecule has 0 aliphatic carbocycles. The Bertz CT molecular complexity index is 2450. The van der Waals surface area contributed by atoms with Crippen LogP contribution in [0.15, 0.2) is 67.3 Å². The molecule has 3 aliphatic heterocycles. The highest BCUT2D eigenvalue weighted by Gasteiger charge is 2.41. The van der Waals surface area contributed by atoms with E-state index in [-0.39, 0.29) is 35.1 Å². The zero-order valence-electron chi connectivity index (χ0n) is 38.2. The van der Waals surface area contributed by atoms with E-state index in [4.69, 9.17) is 14.5 Å². The molecule has 4 amide bonds. The van der Waals surface area contributed by atoms with Crippen molar-refractivity contribution in [1.82, 2.24) is 40.4 Å². The lowest BCUT2D eigenvalue weighted by atomic mass is 9.67. The summed E-state index contributed by atoms with van der Waals surface area (Å²) in [7, 11) is 2.60. The number of alkyl carbamates (subject to hydrolysis) is 2. The van der Waals surface area contributed by atoms with Gasteiger partial charge in [0.15, 0.2) is 0 Å². The summed E-state index contributed by atoms with van der Waals surface area (Å²) >= 11 is 0. The minimum absolute atomic E-state index is 0.00194. The number of rotatable bonds is 11. The van der Waals surface area contributed by atoms with Crippen molar-refractivity contribution < 1.29 is 33.4 Å². The number of nitrogens with one attached hydrogen (secondary N) is 4. The van der Waals surface area contributed by atoms with Crippen LogP contribution in [0.4, 0.5) is 9.59 Å². The number of carbonyl (C=O) groups excluding carboxylic acids is 4. The average Bonchev–Trinajstić information content (AvgIpc) is 4.17. The van der Waals surface area contributed by atoms with Crippen LogP contribution < -0.4 is 15.4 Å². The first-order valence-electron chi connectivity index (χ1n) is 22.6. The highest BCUT2D eigenvalue weighted by atomic mass is 16.5. The van der Waals surface area contributed by atoms with Crippen molar-refractivity contribution in [3.8, 4) is 34.0 Å². The molecule has 340 valence electrons. The van der Waals surface area contributed by atoms with E-state index in [0.717, 1.165) is 96.8 Å². The normalized spacial score (nSPS) is 17.2. The molecule has 3 aromatic carbocycles. The Morgan fingerprint density at radius 3 is 2.08 bits per heavy atom. The SMILES string of the molecule is CCC1(CC)c2ccc(-c3cnc[nH]3)cc2Oc2ccc3cc(-c4cnc([C@@H]5CCCN5C(=O)[C@@H](NC(=O)OC)C(C)C)[nH]4)ccc3c21.COC(=O)NC(C(=O)N1CCCC1)C(C)C. The second-order valence-corrected chi connectivity index (χ2v) is 17.6. The largest absolute Gasteiger partial charge is 0.457 e. The number of amides is 4. The molecule has 1 unspecified atom stereocenters. The van der Waals surface area contributed by atoms with Gasteiger partial charge in [-0.2, -0.15) is 0 Å². The molecule has 0 bridgehead atoms. The highest BCUT2D eigenvalue weighted by molar-refractivity contribution is 5.93. The predicted octanol–water partition coefficient (Wildman–Crippen LogP) is 8.87. The number of hydrogen-bond donors (Lipinski definition) is 4. The van der Waals surface area contributed by atoms with Crippen LogP contribution >= 0.6 is 0 Å². The van der Waals surface area contributed by atoms with Crippen LogP contribution in [-0.2, 0) is 24.5 Å². The van der Waals surface area contributed by atoms with Crippen LogP contribution in [0.1, 0.15) is 103 Å². The zero-order chi connectivity index (χ0) is 45.7. The molecule has 8 rings (SSSR count). The molecule has 2 fully saturated rings. The van der Waals surface area contributed by atoms with Crippen LogP contribution in [0.2, 0.25) is 0 Å². The third-order valence-electron chi connectivity index (χ3n) is 13.2. The third kappa shape index (κ3) is 9.02. The Hall–Kier alpha value is -6.38. The summed E-state index contributed by atoms with van der Waals surface area (Å²) in [6, 6.07) is 15.9. The van der Waals surface area contributed by atoms with Gasteiger partial charge < -0.3 is 44.6 Å². The highest BCUT2D eigenvalue weighted by Crippen LogP contribution is 2.54. The number of ether oxygens (including phenoxy) is 3. The molecule has 15 nitrogen and oxygen atoms in total. The fraction of sp³-hybridized carbons (Fsp3) is 0.469. The van der Waals surface area contributed by atoms with Crippen molar-refractivity contribution in [1.29, 1.82) is 0 Å². The predicted molar refractivity (Wildman–Crippen MR) is 245 cm³/mol. The standard InChI is InChI=1S/C38H42N6O4.C11H20N2O3/c1-6-38(7-2)27-14-11-25(28-19-39-21-41-28)18-32(27)48-31-15-12-23-17-24(10-13-26(23)33(31)38)29-20-40-35(42-29)30-9-8-16-44(30)36(45)34(22(3)4)43-37(46)47-5;1-8(2)9(12-11(15)16-3)10(14)13-6-4-5-7-13/h10-15,17-22,30,34H,6-9,16H2,1-5H3,(H,39,41)(H,40,42)(H,43,46);8-9H,4-7H2,1-3H3,(H,12,15)/t30-,34-;/m0./s1. The number of benzene rings is 3. The van der Waals surface area contributed by atoms with Crippen LogP contribution in [0.3, 0.4) is 0 Å². The van der Waals surface area contributed by atoms with Crippen LogP contribution in [0.25, 0.3) is 33.3 Å². The molecular formula is C49H62N8O7. The lowest BCUT2D eigenvalue weighted by Crippen LogP contribution is -2.51. The molecule has 3 aliphatic rings. The molecular weight excluding hydrogens is 813 g/mol. The molecule has 2 saturated heterocycles. The Balaban J connectivity index is 0.000000324. The number of likely N-dealkylation sites (tertiary alicyclic amines) is 2. The smallest absolute Gasteiger partial charge is 0.407 e. The molecule has 4 N–H and O–H groups in total. The lowest BCUT2D eigenvalue weighted by Gasteiger charge is -2.40. The van der Waals surface area contributed by atoms with Crippen LogP contribution in [0, 0.1) is 11.8 Å². The van der Waals surface area contributed by atoms with Crippen molar-refractivity contribution in [3.05, 3.63) is 84.2 Å². The maximum absolute atomic E-state index is 13.6. The number of aromatic nitrogens is 4. The van der Waals surface area contributed by atoms with Gasteiger partial charge in [-0.1, -0.05) is 71.9 Å². The molecule has 64 heavy (non-hydrogen) atoms. The first-order chi connectivity index (χ1) is 30.8. The van der Waals surface area contributed by atoms with Crippen LogP contribution in [-0.4, -0.2) is 99.7 Å². The van der Waals surface area contributed by atoms with Gasteiger partial charge in [0, 0.05) is 47.3 Å². The molecule has 0 saturated carbocycles. The number of H-pyrrole nitrogens is 2. The molecule has 0 spiro atoms. The monoisotopic (exact) mass is 874 g/mol. The van der Waals surface area contributed by atoms with Gasteiger partial charge in [0.25, 0.3) is 0 Å². The van der Waals surface area contributed by atoms with E-state index >= 15 is 0 Å². The molecule has 3 atom stereocenters. The number of aromatic amines is 2. The van der Waals surface area contributed by atoms with E-state index in [0.29, 0.717) is 6.54 Å². The third-order valence-corrected chi connectivity index (χ3v) is 13.2. The van der Waals surface area contributed by atoms with Crippen molar-refractivity contribution in [3.63, 3.8) is 0 Å². The Kier molecular flexibility index (Phi) is 14.0. The van der Waals surface area contributed by atoms with Crippen molar-refractivity contribution >= 4 is 34.8 Å². The molecule has 5 aromatic rings. The number of imidazole rings is 2. The van der Waals surface area contributed by atoms with Gasteiger partial charge in [-0.25, -0.2) is 19.6 Å². The first kappa shape index (κ1) is 45.6. The van der Waals surface area contributed by atoms with E-state index in [1.54, 1.807) is 11.2 Å². The number of methoxy groups -OCH3 is 2. The topological polar surface area (TPSA) is 184 Å². The Morgan fingerprint density at radius 2 is 1.45 bits per heavy atom. The van der Waals surface area contributed by atoms with Gasteiger partial charge in [-0.05, 0) is 79.3 Å². The summed E-state index contributed by atoms with van der Waals surface area (Å²) < 4.78 is 15.9. The minimum Gasteiger partial charge on any atom is -0.457 e. The van der Waals surface area contributed by atoms with E-state index in [1.807, 2.05) is 45.0 Å². The summed E-state index contributed by atoms with van der Waals surface area (Å²) in [6.45, 7) is 14.4. The number of hydrogen-bond acceptors (Lipinski definition) is 9. The molecule has 0 radical (unpaired) electrons. The zero-order valence-corrected chi connectivity index (χ0v) is 38.2. The number of carbonyl (C=O) groups is 4. The molecule has 15 heteroatoms. The molecule has 2 aromatic heterocycles. The van der Waals surface area contributed by atoms with Gasteiger partial charge >= 0.3 is 12.2 Å². The summed E-state index contributed by atoms with van der Waals surface area (Å²) in [4.78, 5) is 68.1. The minimum atomic E-state index is -0.674. The summed E-state index contributed by atoms with van der Waals surface area (Å²) in [5.74, 6) is 2.38. The second kappa shape index (κ2) is 19.6. The maximum Gasteiger partial charge on any atom is 0.407 e. The Labute approximate surface area is 375 Å². The van der Waals surface area contributed by atoms with E-state index in [2.05, 4.69) is 92.7 Å². The van der Waals surface area contributed by atoms with E-state index in [9.17, 15) is 19.2 Å². The molecule has 5 heterocycles. The van der Waals surface area contributed by atoms with E-state index in [1.165, 1.54) is 30.7 Å². The van der Waals surface area contributed by atoms with Crippen molar-refractivity contribution in [2.24, 2.45) is 11.8 Å². The second-order valence-electron chi connectivity index (χ2n) is 17.6. The summed E-state index contributed by atoms with van der Waals surface area (Å²) in [5.41, 5.74) is 6.14. The first-order valence-corrected chi connectivity index (χ1v) is 22.6. The fourth-order valence-electron chi connectivity index (χ4n) is 9.56. The quantitative estimate of drug-likeness (QED) is 0.101. The van der Waals surface area contributed by atoms with Gasteiger partial charge in [0.1, 0.15) is 29.4 Å². The van der Waals surface area contributed by atoms with Crippen LogP contribution in [0.5, 0.6) is 11.5 Å². The lowest BCUT2D eigenvalue weighted by molar-refractivity contribution is -0.135. The van der Waals surface area contributed by atoms with E-state index < -0.39 is 24.3 Å². The van der Waals surface area contributed by atoms with Gasteiger partial charge in [-0.3, -0.25) is 9.59 Å². The average molecular weight is 875 g/mol. The number of nitrogens with zero attached hydrogens (tertiary/aromatic N) is 4. The number of fused-ring (bicyclic) bond motifs is 4. The van der Waals surface area contributed by atoms with Crippen molar-refractivity contribution in [2.45, 2.75) is 104 Å². The van der Waals surface area contributed by atoms with Gasteiger partial charge in [0.2, 0.25) is 11.8 Å². The van der Waals surface area contributed by atoms with Crippen molar-refractivity contribution in [2.75, 3.05) is 33.9 Å². The summed E-state index contributed by atoms with van der Waals surface area (Å²) in [6.07, 6.45) is 9.84. The Morgan fingerprint density at radius 1 is 0.797 bits per heavy atom. The maximum atomic E-state index is 13.6.